The van der Waals surface area contributed by atoms with E-state index < -0.39 is 0 Å². The summed E-state index contributed by atoms with van der Waals surface area (Å²) in [6, 6.07) is 23.4. The van der Waals surface area contributed by atoms with Crippen LogP contribution in [0.3, 0.4) is 0 Å². The van der Waals surface area contributed by atoms with E-state index >= 15 is 0 Å². The summed E-state index contributed by atoms with van der Waals surface area (Å²) in [5.74, 6) is 1.51. The monoisotopic (exact) mass is 341 g/mol. The predicted molar refractivity (Wildman–Crippen MR) is 104 cm³/mol. The van der Waals surface area contributed by atoms with Gasteiger partial charge in [0.25, 0.3) is 0 Å². The summed E-state index contributed by atoms with van der Waals surface area (Å²) in [4.78, 5) is 4.76. The first kappa shape index (κ1) is 16.2. The van der Waals surface area contributed by atoms with E-state index in [9.17, 15) is 5.11 Å². The first-order valence-corrected chi connectivity index (χ1v) is 8.54. The van der Waals surface area contributed by atoms with E-state index in [1.165, 1.54) is 11.1 Å². The average molecular weight is 341 g/mol. The van der Waals surface area contributed by atoms with Crippen molar-refractivity contribution in [2.24, 2.45) is 0 Å². The van der Waals surface area contributed by atoms with Crippen LogP contribution in [0.1, 0.15) is 11.1 Å². The number of aromatic nitrogens is 1. The van der Waals surface area contributed by atoms with E-state index in [0.29, 0.717) is 5.89 Å². The van der Waals surface area contributed by atoms with Crippen molar-refractivity contribution in [2.45, 2.75) is 13.8 Å². The van der Waals surface area contributed by atoms with Crippen molar-refractivity contribution in [3.8, 4) is 39.8 Å². The van der Waals surface area contributed by atoms with Gasteiger partial charge in [0.1, 0.15) is 11.4 Å². The minimum absolute atomic E-state index is 0.220. The summed E-state index contributed by atoms with van der Waals surface area (Å²) in [5, 5.41) is 9.52. The van der Waals surface area contributed by atoms with Gasteiger partial charge in [-0.1, -0.05) is 59.7 Å². The maximum atomic E-state index is 9.52. The normalized spacial score (nSPS) is 10.8. The van der Waals surface area contributed by atoms with Crippen molar-refractivity contribution in [3.63, 3.8) is 0 Å². The van der Waals surface area contributed by atoms with Crippen LogP contribution < -0.4 is 0 Å². The molecular weight excluding hydrogens is 322 g/mol. The Bertz CT molecular complexity index is 964. The fourth-order valence-electron chi connectivity index (χ4n) is 2.86. The highest BCUT2D eigenvalue weighted by molar-refractivity contribution is 5.79. The van der Waals surface area contributed by atoms with Gasteiger partial charge in [0.15, 0.2) is 5.76 Å². The Hall–Kier alpha value is -3.33. The fraction of sp³-hybridized carbons (Fsp3) is 0.0870. The molecule has 0 amide bonds. The molecule has 0 bridgehead atoms. The van der Waals surface area contributed by atoms with Gasteiger partial charge in [-0.05, 0) is 38.1 Å². The van der Waals surface area contributed by atoms with Crippen LogP contribution in [-0.4, -0.2) is 10.1 Å². The molecule has 0 aliphatic carbocycles. The number of phenols is 1. The van der Waals surface area contributed by atoms with Crippen LogP contribution in [0.15, 0.2) is 77.2 Å². The minimum atomic E-state index is 0.220. The van der Waals surface area contributed by atoms with Gasteiger partial charge in [-0.25, -0.2) is 4.98 Å². The van der Waals surface area contributed by atoms with Gasteiger partial charge >= 0.3 is 0 Å². The third-order valence-electron chi connectivity index (χ3n) is 4.38. The molecule has 3 nitrogen and oxygen atoms in total. The zero-order valence-corrected chi connectivity index (χ0v) is 14.7. The zero-order valence-electron chi connectivity index (χ0n) is 14.7. The van der Waals surface area contributed by atoms with Crippen LogP contribution in [0, 0.1) is 13.8 Å². The Morgan fingerprint density at radius 1 is 0.654 bits per heavy atom. The number of aryl methyl sites for hydroxylation is 2. The summed E-state index contributed by atoms with van der Waals surface area (Å²) in [5.41, 5.74) is 6.05. The number of aromatic hydroxyl groups is 1. The molecule has 3 heteroatoms. The van der Waals surface area contributed by atoms with Gasteiger partial charge in [-0.3, -0.25) is 0 Å². The second kappa shape index (κ2) is 6.52. The maximum Gasteiger partial charge on any atom is 0.227 e. The molecule has 3 aromatic carbocycles. The van der Waals surface area contributed by atoms with Crippen LogP contribution in [0.2, 0.25) is 0 Å². The predicted octanol–water partition coefficient (Wildman–Crippen LogP) is 6.00. The molecule has 4 rings (SSSR count). The summed E-state index contributed by atoms with van der Waals surface area (Å²) in [6.45, 7) is 4.13. The molecule has 4 aromatic rings. The fourth-order valence-corrected chi connectivity index (χ4v) is 2.86. The maximum absolute atomic E-state index is 9.52. The largest absolute Gasteiger partial charge is 0.508 e. The van der Waals surface area contributed by atoms with Crippen molar-refractivity contribution in [1.82, 2.24) is 4.98 Å². The number of rotatable bonds is 3. The molecule has 0 aliphatic rings. The van der Waals surface area contributed by atoms with Crippen LogP contribution in [0.4, 0.5) is 0 Å². The molecule has 1 heterocycles. The lowest BCUT2D eigenvalue weighted by molar-refractivity contribution is 0.475. The highest BCUT2D eigenvalue weighted by atomic mass is 16.4. The van der Waals surface area contributed by atoms with E-state index in [0.717, 1.165) is 28.1 Å². The first-order chi connectivity index (χ1) is 12.6. The van der Waals surface area contributed by atoms with Crippen LogP contribution >= 0.6 is 0 Å². The number of benzene rings is 3. The number of hydrogen-bond donors (Lipinski definition) is 1. The summed E-state index contributed by atoms with van der Waals surface area (Å²) in [7, 11) is 0. The van der Waals surface area contributed by atoms with Crippen molar-refractivity contribution < 1.29 is 9.52 Å². The van der Waals surface area contributed by atoms with Crippen LogP contribution in [0.5, 0.6) is 5.75 Å². The molecule has 1 N–H and O–H groups in total. The summed E-state index contributed by atoms with van der Waals surface area (Å²) in [6.07, 6.45) is 0. The minimum Gasteiger partial charge on any atom is -0.508 e. The van der Waals surface area contributed by atoms with Gasteiger partial charge in [-0.2, -0.15) is 0 Å². The summed E-state index contributed by atoms with van der Waals surface area (Å²) < 4.78 is 6.16. The van der Waals surface area contributed by atoms with Crippen LogP contribution in [-0.2, 0) is 0 Å². The second-order valence-electron chi connectivity index (χ2n) is 6.48. The van der Waals surface area contributed by atoms with Crippen molar-refractivity contribution in [2.75, 3.05) is 0 Å². The van der Waals surface area contributed by atoms with Gasteiger partial charge < -0.3 is 9.52 Å². The Labute approximate surface area is 152 Å². The average Bonchev–Trinajstić information content (AvgIpc) is 3.09. The van der Waals surface area contributed by atoms with Crippen LogP contribution in [0.25, 0.3) is 34.0 Å². The Morgan fingerprint density at radius 3 is 1.73 bits per heavy atom. The molecule has 0 saturated carbocycles. The standard InChI is InChI=1S/C23H19NO2/c1-15-3-7-17(8-4-15)21-22(18-9-5-16(2)6-10-18)26-23(24-21)19-11-13-20(25)14-12-19/h3-14,25H,1-2H3. The molecule has 128 valence electrons. The van der Waals surface area contributed by atoms with Crippen molar-refractivity contribution in [3.05, 3.63) is 83.9 Å². The van der Waals surface area contributed by atoms with E-state index in [1.54, 1.807) is 24.3 Å². The molecule has 0 fully saturated rings. The topological polar surface area (TPSA) is 46.3 Å². The van der Waals surface area contributed by atoms with Gasteiger partial charge in [0.2, 0.25) is 5.89 Å². The molecule has 0 radical (unpaired) electrons. The Balaban J connectivity index is 1.88. The molecule has 0 atom stereocenters. The molecule has 0 unspecified atom stereocenters. The second-order valence-corrected chi connectivity index (χ2v) is 6.48. The molecule has 0 spiro atoms. The molecule has 0 saturated heterocycles. The molecular formula is C23H19NO2. The molecule has 0 aliphatic heterocycles. The molecule has 26 heavy (non-hydrogen) atoms. The van der Waals surface area contributed by atoms with E-state index in [-0.39, 0.29) is 5.75 Å². The Kier molecular flexibility index (Phi) is 4.05. The number of nitrogens with zero attached hydrogens (tertiary/aromatic N) is 1. The van der Waals surface area contributed by atoms with Gasteiger partial charge in [0, 0.05) is 16.7 Å². The van der Waals surface area contributed by atoms with Crippen molar-refractivity contribution in [1.29, 1.82) is 0 Å². The highest BCUT2D eigenvalue weighted by Crippen LogP contribution is 2.36. The van der Waals surface area contributed by atoms with Gasteiger partial charge in [-0.15, -0.1) is 0 Å². The zero-order chi connectivity index (χ0) is 18.1. The Morgan fingerprint density at radius 2 is 1.15 bits per heavy atom. The van der Waals surface area contributed by atoms with Crippen molar-refractivity contribution >= 4 is 0 Å². The lowest BCUT2D eigenvalue weighted by atomic mass is 10.0. The van der Waals surface area contributed by atoms with E-state index in [2.05, 4.69) is 50.2 Å². The van der Waals surface area contributed by atoms with Gasteiger partial charge in [0.05, 0.1) is 0 Å². The molecule has 1 aromatic heterocycles. The van der Waals surface area contributed by atoms with E-state index in [1.807, 2.05) is 12.1 Å². The van der Waals surface area contributed by atoms with E-state index in [4.69, 9.17) is 9.40 Å². The third kappa shape index (κ3) is 3.11. The number of oxazole rings is 1. The lowest BCUT2D eigenvalue weighted by Crippen LogP contribution is -1.84. The quantitative estimate of drug-likeness (QED) is 0.497. The first-order valence-electron chi connectivity index (χ1n) is 8.54. The SMILES string of the molecule is Cc1ccc(-c2nc(-c3ccc(O)cc3)oc2-c2ccc(C)cc2)cc1. The smallest absolute Gasteiger partial charge is 0.227 e. The summed E-state index contributed by atoms with van der Waals surface area (Å²) >= 11 is 0. The number of hydrogen-bond acceptors (Lipinski definition) is 3. The third-order valence-corrected chi connectivity index (χ3v) is 4.38. The highest BCUT2D eigenvalue weighted by Gasteiger charge is 2.18. The number of phenolic OH excluding ortho intramolecular Hbond substituents is 1. The lowest BCUT2D eigenvalue weighted by Gasteiger charge is -2.03.